The molecule has 0 saturated heterocycles. The standard InChI is InChI=1S/C12H13ClN2O4/c1-15-11(16)6-5-7(17-2)9(18-3)10(19-4)8(6)14-12(15)13/h5H,1-4H3. The van der Waals surface area contributed by atoms with E-state index in [1.54, 1.807) is 13.1 Å². The predicted molar refractivity (Wildman–Crippen MR) is 71.7 cm³/mol. The number of halogens is 1. The van der Waals surface area contributed by atoms with Crippen LogP contribution in [0.5, 0.6) is 17.2 Å². The summed E-state index contributed by atoms with van der Waals surface area (Å²) in [5.74, 6) is 1.08. The summed E-state index contributed by atoms with van der Waals surface area (Å²) in [4.78, 5) is 16.3. The van der Waals surface area contributed by atoms with Gasteiger partial charge in [-0.1, -0.05) is 0 Å². The van der Waals surface area contributed by atoms with E-state index in [2.05, 4.69) is 4.98 Å². The molecule has 1 aromatic heterocycles. The lowest BCUT2D eigenvalue weighted by Gasteiger charge is -2.14. The maximum atomic E-state index is 12.2. The smallest absolute Gasteiger partial charge is 0.262 e. The van der Waals surface area contributed by atoms with Gasteiger partial charge in [-0.05, 0) is 17.7 Å². The molecule has 0 atom stereocenters. The Morgan fingerprint density at radius 1 is 1.16 bits per heavy atom. The second-order valence-electron chi connectivity index (χ2n) is 3.79. The Kier molecular flexibility index (Phi) is 3.53. The minimum Gasteiger partial charge on any atom is -0.493 e. The van der Waals surface area contributed by atoms with Crippen molar-refractivity contribution in [3.63, 3.8) is 0 Å². The van der Waals surface area contributed by atoms with Crippen LogP contribution in [0.4, 0.5) is 0 Å². The van der Waals surface area contributed by atoms with Gasteiger partial charge in [0.2, 0.25) is 11.0 Å². The average Bonchev–Trinajstić information content (AvgIpc) is 2.43. The zero-order valence-electron chi connectivity index (χ0n) is 11.0. The van der Waals surface area contributed by atoms with E-state index in [1.807, 2.05) is 0 Å². The molecule has 1 aromatic carbocycles. The minimum atomic E-state index is -0.283. The van der Waals surface area contributed by atoms with E-state index in [1.165, 1.54) is 25.9 Å². The Labute approximate surface area is 114 Å². The fourth-order valence-corrected chi connectivity index (χ4v) is 2.01. The number of hydrogen-bond donors (Lipinski definition) is 0. The first kappa shape index (κ1) is 13.5. The molecule has 6 nitrogen and oxygen atoms in total. The van der Waals surface area contributed by atoms with Gasteiger partial charge in [-0.15, -0.1) is 0 Å². The van der Waals surface area contributed by atoms with Crippen LogP contribution < -0.4 is 19.8 Å². The Bertz CT molecular complexity index is 696. The highest BCUT2D eigenvalue weighted by Gasteiger charge is 2.20. The SMILES string of the molecule is COc1cc2c(=O)n(C)c(Cl)nc2c(OC)c1OC. The lowest BCUT2D eigenvalue weighted by Crippen LogP contribution is -2.19. The molecule has 0 spiro atoms. The molecule has 0 unspecified atom stereocenters. The lowest BCUT2D eigenvalue weighted by atomic mass is 10.2. The molecule has 0 N–H and O–H groups in total. The molecule has 0 fully saturated rings. The summed E-state index contributed by atoms with van der Waals surface area (Å²) in [7, 11) is 5.97. The first-order valence-corrected chi connectivity index (χ1v) is 5.78. The summed E-state index contributed by atoms with van der Waals surface area (Å²) >= 11 is 5.92. The molecule has 19 heavy (non-hydrogen) atoms. The second kappa shape index (κ2) is 4.97. The molecule has 1 heterocycles. The van der Waals surface area contributed by atoms with E-state index in [0.29, 0.717) is 28.2 Å². The molecule has 0 radical (unpaired) electrons. The van der Waals surface area contributed by atoms with Gasteiger partial charge in [0.05, 0.1) is 26.7 Å². The number of methoxy groups -OCH3 is 3. The van der Waals surface area contributed by atoms with E-state index in [0.717, 1.165) is 0 Å². The Morgan fingerprint density at radius 3 is 2.32 bits per heavy atom. The van der Waals surface area contributed by atoms with Crippen LogP contribution in [0, 0.1) is 0 Å². The van der Waals surface area contributed by atoms with Crippen molar-refractivity contribution in [3.05, 3.63) is 21.7 Å². The van der Waals surface area contributed by atoms with E-state index >= 15 is 0 Å². The maximum absolute atomic E-state index is 12.2. The van der Waals surface area contributed by atoms with Crippen molar-refractivity contribution in [2.24, 2.45) is 7.05 Å². The van der Waals surface area contributed by atoms with Gasteiger partial charge >= 0.3 is 0 Å². The van der Waals surface area contributed by atoms with Gasteiger partial charge in [-0.25, -0.2) is 4.98 Å². The number of rotatable bonds is 3. The molecule has 0 amide bonds. The van der Waals surface area contributed by atoms with Crippen molar-refractivity contribution in [2.45, 2.75) is 0 Å². The van der Waals surface area contributed by atoms with E-state index in [9.17, 15) is 4.79 Å². The van der Waals surface area contributed by atoms with Crippen LogP contribution in [0.3, 0.4) is 0 Å². The van der Waals surface area contributed by atoms with Crippen molar-refractivity contribution in [1.29, 1.82) is 0 Å². The summed E-state index contributed by atoms with van der Waals surface area (Å²) in [6, 6.07) is 1.56. The third kappa shape index (κ3) is 1.98. The normalized spacial score (nSPS) is 10.6. The van der Waals surface area contributed by atoms with Crippen molar-refractivity contribution in [3.8, 4) is 17.2 Å². The van der Waals surface area contributed by atoms with Crippen LogP contribution in [0.25, 0.3) is 10.9 Å². The summed E-state index contributed by atoms with van der Waals surface area (Å²) in [6.07, 6.45) is 0. The fraction of sp³-hybridized carbons (Fsp3) is 0.333. The molecule has 7 heteroatoms. The zero-order chi connectivity index (χ0) is 14.2. The van der Waals surface area contributed by atoms with E-state index < -0.39 is 0 Å². The molecule has 0 aliphatic carbocycles. The number of ether oxygens (including phenoxy) is 3. The van der Waals surface area contributed by atoms with Gasteiger partial charge in [0.15, 0.2) is 11.5 Å². The number of fused-ring (bicyclic) bond motifs is 1. The molecule has 0 saturated carbocycles. The highest BCUT2D eigenvalue weighted by Crippen LogP contribution is 2.41. The van der Waals surface area contributed by atoms with E-state index in [4.69, 9.17) is 25.8 Å². The molecular formula is C12H13ClN2O4. The molecule has 0 aliphatic rings. The van der Waals surface area contributed by atoms with Gasteiger partial charge < -0.3 is 14.2 Å². The molecule has 2 aromatic rings. The zero-order valence-corrected chi connectivity index (χ0v) is 11.7. The van der Waals surface area contributed by atoms with E-state index in [-0.39, 0.29) is 10.8 Å². The molecule has 102 valence electrons. The van der Waals surface area contributed by atoms with Crippen LogP contribution in [-0.4, -0.2) is 30.9 Å². The van der Waals surface area contributed by atoms with Gasteiger partial charge in [-0.3, -0.25) is 9.36 Å². The van der Waals surface area contributed by atoms with Crippen molar-refractivity contribution < 1.29 is 14.2 Å². The summed E-state index contributed by atoms with van der Waals surface area (Å²) < 4.78 is 16.9. The molecule has 0 aliphatic heterocycles. The number of aromatic nitrogens is 2. The van der Waals surface area contributed by atoms with Crippen molar-refractivity contribution >= 4 is 22.5 Å². The molecular weight excluding hydrogens is 272 g/mol. The van der Waals surface area contributed by atoms with Crippen molar-refractivity contribution in [1.82, 2.24) is 9.55 Å². The second-order valence-corrected chi connectivity index (χ2v) is 4.12. The maximum Gasteiger partial charge on any atom is 0.262 e. The van der Waals surface area contributed by atoms with Crippen LogP contribution >= 0.6 is 11.6 Å². The minimum absolute atomic E-state index is 0.0722. The van der Waals surface area contributed by atoms with Crippen LogP contribution in [0.2, 0.25) is 5.28 Å². The summed E-state index contributed by atoms with van der Waals surface area (Å²) in [5.41, 5.74) is 0.0579. The topological polar surface area (TPSA) is 62.6 Å². The highest BCUT2D eigenvalue weighted by atomic mass is 35.5. The van der Waals surface area contributed by atoms with Gasteiger partial charge in [0.25, 0.3) is 5.56 Å². The quantitative estimate of drug-likeness (QED) is 0.802. The number of hydrogen-bond acceptors (Lipinski definition) is 5. The molecule has 2 rings (SSSR count). The Hall–Kier alpha value is -1.95. The van der Waals surface area contributed by atoms with Crippen LogP contribution in [0.15, 0.2) is 10.9 Å². The molecule has 0 bridgehead atoms. The Morgan fingerprint density at radius 2 is 1.79 bits per heavy atom. The first-order valence-electron chi connectivity index (χ1n) is 5.40. The third-order valence-corrected chi connectivity index (χ3v) is 3.16. The van der Waals surface area contributed by atoms with Crippen LogP contribution in [-0.2, 0) is 7.05 Å². The fourth-order valence-electron chi connectivity index (χ4n) is 1.85. The highest BCUT2D eigenvalue weighted by molar-refractivity contribution is 6.28. The first-order chi connectivity index (χ1) is 9.04. The summed E-state index contributed by atoms with van der Waals surface area (Å²) in [5, 5.41) is 0.421. The van der Waals surface area contributed by atoms with Gasteiger partial charge in [0, 0.05) is 7.05 Å². The number of benzene rings is 1. The largest absolute Gasteiger partial charge is 0.493 e. The van der Waals surface area contributed by atoms with Crippen LogP contribution in [0.1, 0.15) is 0 Å². The Balaban J connectivity index is 3.01. The summed E-state index contributed by atoms with van der Waals surface area (Å²) in [6.45, 7) is 0. The lowest BCUT2D eigenvalue weighted by molar-refractivity contribution is 0.326. The average molecular weight is 285 g/mol. The number of nitrogens with zero attached hydrogens (tertiary/aromatic N) is 2. The monoisotopic (exact) mass is 284 g/mol. The third-order valence-electron chi connectivity index (χ3n) is 2.82. The van der Waals surface area contributed by atoms with Gasteiger partial charge in [0.1, 0.15) is 5.52 Å². The van der Waals surface area contributed by atoms with Crippen molar-refractivity contribution in [2.75, 3.05) is 21.3 Å². The predicted octanol–water partition coefficient (Wildman–Crippen LogP) is 1.61. The van der Waals surface area contributed by atoms with Gasteiger partial charge in [-0.2, -0.15) is 0 Å².